The first kappa shape index (κ1) is 14.8. The van der Waals surface area contributed by atoms with E-state index in [9.17, 15) is 9.18 Å². The van der Waals surface area contributed by atoms with Crippen LogP contribution >= 0.6 is 0 Å². The molecule has 0 saturated heterocycles. The number of rotatable bonds is 3. The Labute approximate surface area is 122 Å². The summed E-state index contributed by atoms with van der Waals surface area (Å²) >= 11 is 0. The normalized spacial score (nSPS) is 9.86. The van der Waals surface area contributed by atoms with Crippen LogP contribution in [-0.2, 0) is 6.42 Å². The largest absolute Gasteiger partial charge is 0.456 e. The highest BCUT2D eigenvalue weighted by Gasteiger charge is 2.13. The molecule has 0 aliphatic carbocycles. The fourth-order valence-electron chi connectivity index (χ4n) is 1.75. The summed E-state index contributed by atoms with van der Waals surface area (Å²) in [5.41, 5.74) is 6.09. The van der Waals surface area contributed by atoms with E-state index in [0.717, 1.165) is 5.76 Å². The van der Waals surface area contributed by atoms with Gasteiger partial charge in [0.1, 0.15) is 11.6 Å². The average molecular weight is 286 g/mol. The smallest absolute Gasteiger partial charge is 0.291 e. The van der Waals surface area contributed by atoms with Crippen LogP contribution in [0.4, 0.5) is 10.1 Å². The molecule has 0 aliphatic rings. The number of anilines is 1. The van der Waals surface area contributed by atoms with Gasteiger partial charge in [0.2, 0.25) is 0 Å². The van der Waals surface area contributed by atoms with Crippen molar-refractivity contribution in [2.24, 2.45) is 5.73 Å². The number of hydrogen-bond acceptors (Lipinski definition) is 3. The topological polar surface area (TPSA) is 68.3 Å². The molecule has 0 bridgehead atoms. The predicted octanol–water partition coefficient (Wildman–Crippen LogP) is 2.54. The lowest BCUT2D eigenvalue weighted by atomic mass is 10.1. The number of nitrogens with two attached hydrogens (primary N) is 1. The number of carbonyl (C=O) groups is 1. The maximum atomic E-state index is 13.3. The van der Waals surface area contributed by atoms with E-state index in [1.165, 1.54) is 18.2 Å². The Balaban J connectivity index is 2.24. The van der Waals surface area contributed by atoms with E-state index in [2.05, 4.69) is 17.2 Å². The molecule has 108 valence electrons. The molecule has 0 fully saturated rings. The van der Waals surface area contributed by atoms with Crippen molar-refractivity contribution in [2.45, 2.75) is 13.3 Å². The van der Waals surface area contributed by atoms with E-state index < -0.39 is 11.7 Å². The number of carbonyl (C=O) groups excluding carboxylic acids is 1. The average Bonchev–Trinajstić information content (AvgIpc) is 2.96. The van der Waals surface area contributed by atoms with Crippen molar-refractivity contribution in [1.82, 2.24) is 0 Å². The van der Waals surface area contributed by atoms with Gasteiger partial charge in [-0.3, -0.25) is 4.79 Å². The fourth-order valence-corrected chi connectivity index (χ4v) is 1.75. The van der Waals surface area contributed by atoms with Gasteiger partial charge in [-0.15, -0.1) is 0 Å². The van der Waals surface area contributed by atoms with Gasteiger partial charge in [-0.05, 0) is 30.3 Å². The highest BCUT2D eigenvalue weighted by Crippen LogP contribution is 2.18. The van der Waals surface area contributed by atoms with Crippen LogP contribution in [0, 0.1) is 17.7 Å². The second-order valence-corrected chi connectivity index (χ2v) is 4.27. The van der Waals surface area contributed by atoms with E-state index in [-0.39, 0.29) is 12.3 Å². The van der Waals surface area contributed by atoms with Gasteiger partial charge in [0.15, 0.2) is 5.76 Å². The first-order valence-corrected chi connectivity index (χ1v) is 6.52. The molecular formula is C16H15FN2O2. The molecule has 3 N–H and O–H groups in total. The third-order valence-electron chi connectivity index (χ3n) is 2.79. The number of furan rings is 1. The Morgan fingerprint density at radius 1 is 1.38 bits per heavy atom. The molecule has 0 aliphatic heterocycles. The summed E-state index contributed by atoms with van der Waals surface area (Å²) in [5, 5.41) is 2.66. The maximum Gasteiger partial charge on any atom is 0.291 e. The van der Waals surface area contributed by atoms with Crippen LogP contribution in [-0.4, -0.2) is 12.5 Å². The molecular weight excluding hydrogens is 271 g/mol. The predicted molar refractivity (Wildman–Crippen MR) is 78.4 cm³/mol. The number of nitrogens with one attached hydrogen (secondary N) is 1. The standard InChI is InChI=1S/C16H15FN2O2/c1-2-13-6-8-15(21-13)16(20)19-14-7-5-12(17)10-11(14)4-3-9-18/h5-8,10H,2,9,18H2,1H3,(H,19,20). The summed E-state index contributed by atoms with van der Waals surface area (Å²) in [7, 11) is 0. The first-order chi connectivity index (χ1) is 10.1. The first-order valence-electron chi connectivity index (χ1n) is 6.52. The van der Waals surface area contributed by atoms with E-state index in [4.69, 9.17) is 10.2 Å². The van der Waals surface area contributed by atoms with Crippen molar-refractivity contribution in [3.8, 4) is 11.8 Å². The summed E-state index contributed by atoms with van der Waals surface area (Å²) in [6.07, 6.45) is 0.705. The second kappa shape index (κ2) is 6.73. The van der Waals surface area contributed by atoms with Gasteiger partial charge in [-0.25, -0.2) is 4.39 Å². The van der Waals surface area contributed by atoms with E-state index >= 15 is 0 Å². The third-order valence-corrected chi connectivity index (χ3v) is 2.79. The Kier molecular flexibility index (Phi) is 4.75. The third kappa shape index (κ3) is 3.71. The molecule has 0 spiro atoms. The van der Waals surface area contributed by atoms with Gasteiger partial charge in [0, 0.05) is 6.42 Å². The molecule has 1 aromatic carbocycles. The number of aryl methyl sites for hydroxylation is 1. The van der Waals surface area contributed by atoms with Crippen molar-refractivity contribution < 1.29 is 13.6 Å². The van der Waals surface area contributed by atoms with Crippen molar-refractivity contribution in [2.75, 3.05) is 11.9 Å². The summed E-state index contributed by atoms with van der Waals surface area (Å²) in [4.78, 5) is 12.1. The molecule has 0 radical (unpaired) electrons. The lowest BCUT2D eigenvalue weighted by Crippen LogP contribution is -2.12. The number of halogens is 1. The SMILES string of the molecule is CCc1ccc(C(=O)Nc2ccc(F)cc2C#CCN)o1. The quantitative estimate of drug-likeness (QED) is 0.852. The van der Waals surface area contributed by atoms with Gasteiger partial charge in [-0.2, -0.15) is 0 Å². The van der Waals surface area contributed by atoms with Crippen molar-refractivity contribution in [1.29, 1.82) is 0 Å². The monoisotopic (exact) mass is 286 g/mol. The minimum absolute atomic E-state index is 0.155. The second-order valence-electron chi connectivity index (χ2n) is 4.27. The van der Waals surface area contributed by atoms with Gasteiger partial charge in [0.05, 0.1) is 17.8 Å². The minimum atomic E-state index is -0.430. The minimum Gasteiger partial charge on any atom is -0.456 e. The number of hydrogen-bond donors (Lipinski definition) is 2. The van der Waals surface area contributed by atoms with E-state index in [1.54, 1.807) is 12.1 Å². The zero-order valence-corrected chi connectivity index (χ0v) is 11.6. The van der Waals surface area contributed by atoms with Crippen molar-refractivity contribution in [3.05, 3.63) is 53.2 Å². The summed E-state index contributed by atoms with van der Waals surface area (Å²) < 4.78 is 18.6. The zero-order chi connectivity index (χ0) is 15.2. The Bertz CT molecular complexity index is 711. The molecule has 4 nitrogen and oxygen atoms in total. The molecule has 0 saturated carbocycles. The Hall–Kier alpha value is -2.58. The molecule has 0 atom stereocenters. The van der Waals surface area contributed by atoms with Crippen LogP contribution < -0.4 is 11.1 Å². The highest BCUT2D eigenvalue weighted by atomic mass is 19.1. The van der Waals surface area contributed by atoms with Crippen LogP contribution in [0.5, 0.6) is 0 Å². The number of amides is 1. The molecule has 1 amide bonds. The molecule has 1 aromatic heterocycles. The summed E-state index contributed by atoms with van der Waals surface area (Å²) in [5.74, 6) is 5.45. The molecule has 21 heavy (non-hydrogen) atoms. The van der Waals surface area contributed by atoms with Gasteiger partial charge in [0.25, 0.3) is 5.91 Å². The van der Waals surface area contributed by atoms with Crippen LogP contribution in [0.25, 0.3) is 0 Å². The van der Waals surface area contributed by atoms with Crippen molar-refractivity contribution in [3.63, 3.8) is 0 Å². The molecule has 0 unspecified atom stereocenters. The van der Waals surface area contributed by atoms with E-state index in [1.807, 2.05) is 6.92 Å². The molecule has 2 rings (SSSR count). The zero-order valence-electron chi connectivity index (χ0n) is 11.6. The van der Waals surface area contributed by atoms with Crippen LogP contribution in [0.3, 0.4) is 0 Å². The molecule has 5 heteroatoms. The molecule has 2 aromatic rings. The van der Waals surface area contributed by atoms with Gasteiger partial charge in [-0.1, -0.05) is 18.8 Å². The summed E-state index contributed by atoms with van der Waals surface area (Å²) in [6, 6.07) is 7.30. The Morgan fingerprint density at radius 3 is 2.86 bits per heavy atom. The fraction of sp³-hybridized carbons (Fsp3) is 0.188. The lowest BCUT2D eigenvalue weighted by Gasteiger charge is -2.06. The number of benzene rings is 1. The van der Waals surface area contributed by atoms with Crippen LogP contribution in [0.1, 0.15) is 28.8 Å². The highest BCUT2D eigenvalue weighted by molar-refractivity contribution is 6.03. The van der Waals surface area contributed by atoms with Crippen molar-refractivity contribution >= 4 is 11.6 Å². The van der Waals surface area contributed by atoms with Crippen LogP contribution in [0.2, 0.25) is 0 Å². The van der Waals surface area contributed by atoms with E-state index in [0.29, 0.717) is 17.7 Å². The van der Waals surface area contributed by atoms with Crippen LogP contribution in [0.15, 0.2) is 34.7 Å². The molecule has 1 heterocycles. The Morgan fingerprint density at radius 2 is 2.19 bits per heavy atom. The van der Waals surface area contributed by atoms with Gasteiger partial charge < -0.3 is 15.5 Å². The lowest BCUT2D eigenvalue weighted by molar-refractivity contribution is 0.0995. The maximum absolute atomic E-state index is 13.3. The van der Waals surface area contributed by atoms with Gasteiger partial charge >= 0.3 is 0 Å². The summed E-state index contributed by atoms with van der Waals surface area (Å²) in [6.45, 7) is 2.09.